The Morgan fingerprint density at radius 1 is 1.43 bits per heavy atom. The van der Waals surface area contributed by atoms with Crippen molar-refractivity contribution in [3.63, 3.8) is 0 Å². The third kappa shape index (κ3) is 2.61. The van der Waals surface area contributed by atoms with Gasteiger partial charge >= 0.3 is 0 Å². The average Bonchev–Trinajstić information content (AvgIpc) is 3.01. The fourth-order valence-electron chi connectivity index (χ4n) is 2.78. The van der Waals surface area contributed by atoms with Crippen LogP contribution in [0.4, 0.5) is 5.82 Å². The molecule has 0 spiro atoms. The molecule has 2 N–H and O–H groups in total. The number of rotatable bonds is 2. The summed E-state index contributed by atoms with van der Waals surface area (Å²) >= 11 is 0. The molecule has 1 aliphatic heterocycles. The van der Waals surface area contributed by atoms with Gasteiger partial charge in [-0.3, -0.25) is 4.79 Å². The van der Waals surface area contributed by atoms with E-state index in [1.807, 2.05) is 12.1 Å². The van der Waals surface area contributed by atoms with Crippen LogP contribution >= 0.6 is 0 Å². The van der Waals surface area contributed by atoms with Crippen LogP contribution in [0.1, 0.15) is 42.1 Å². The van der Waals surface area contributed by atoms with Gasteiger partial charge in [-0.25, -0.2) is 9.97 Å². The monoisotopic (exact) mass is 286 g/mol. The van der Waals surface area contributed by atoms with Crippen LogP contribution in [0.3, 0.4) is 0 Å². The van der Waals surface area contributed by atoms with Gasteiger partial charge in [0.1, 0.15) is 5.76 Å². The Hall–Kier alpha value is -2.37. The summed E-state index contributed by atoms with van der Waals surface area (Å²) in [6.07, 6.45) is 6.43. The zero-order chi connectivity index (χ0) is 14.8. The first-order valence-electron chi connectivity index (χ1n) is 7.07. The summed E-state index contributed by atoms with van der Waals surface area (Å²) in [7, 11) is 0. The van der Waals surface area contributed by atoms with Crippen molar-refractivity contribution >= 4 is 11.7 Å². The molecule has 2 aromatic heterocycles. The SMILES string of the molecule is C[C@H]1CCN(C(=O)c2nccnc2N)[C@H](c2ccco2)C1. The number of hydrogen-bond donors (Lipinski definition) is 1. The minimum Gasteiger partial charge on any atom is -0.467 e. The summed E-state index contributed by atoms with van der Waals surface area (Å²) < 4.78 is 5.51. The first-order valence-corrected chi connectivity index (χ1v) is 7.07. The van der Waals surface area contributed by atoms with Crippen molar-refractivity contribution in [1.82, 2.24) is 14.9 Å². The molecule has 1 saturated heterocycles. The second kappa shape index (κ2) is 5.55. The summed E-state index contributed by atoms with van der Waals surface area (Å²) in [5.74, 6) is 1.33. The van der Waals surface area contributed by atoms with Crippen LogP contribution in [-0.2, 0) is 0 Å². The van der Waals surface area contributed by atoms with Crippen molar-refractivity contribution in [3.8, 4) is 0 Å². The molecule has 6 heteroatoms. The van der Waals surface area contributed by atoms with E-state index in [1.54, 1.807) is 11.2 Å². The van der Waals surface area contributed by atoms with Crippen LogP contribution in [-0.4, -0.2) is 27.3 Å². The summed E-state index contributed by atoms with van der Waals surface area (Å²) in [6.45, 7) is 2.86. The molecule has 3 rings (SSSR count). The molecule has 21 heavy (non-hydrogen) atoms. The highest BCUT2D eigenvalue weighted by Gasteiger charge is 2.34. The molecule has 110 valence electrons. The molecule has 0 aliphatic carbocycles. The number of carbonyl (C=O) groups is 1. The first kappa shape index (κ1) is 13.6. The van der Waals surface area contributed by atoms with E-state index in [2.05, 4.69) is 16.9 Å². The zero-order valence-corrected chi connectivity index (χ0v) is 11.9. The number of anilines is 1. The summed E-state index contributed by atoms with van der Waals surface area (Å²) in [6, 6.07) is 3.68. The third-order valence-corrected chi connectivity index (χ3v) is 3.93. The van der Waals surface area contributed by atoms with Crippen molar-refractivity contribution < 1.29 is 9.21 Å². The van der Waals surface area contributed by atoms with Gasteiger partial charge in [0, 0.05) is 18.9 Å². The number of furan rings is 1. The fourth-order valence-corrected chi connectivity index (χ4v) is 2.78. The van der Waals surface area contributed by atoms with Gasteiger partial charge in [0.15, 0.2) is 11.5 Å². The van der Waals surface area contributed by atoms with Gasteiger partial charge in [0.25, 0.3) is 5.91 Å². The Morgan fingerprint density at radius 2 is 2.24 bits per heavy atom. The number of aromatic nitrogens is 2. The van der Waals surface area contributed by atoms with Gasteiger partial charge in [0.2, 0.25) is 0 Å². The van der Waals surface area contributed by atoms with Crippen molar-refractivity contribution in [2.45, 2.75) is 25.8 Å². The maximum absolute atomic E-state index is 12.7. The second-order valence-electron chi connectivity index (χ2n) is 5.45. The molecule has 0 unspecified atom stereocenters. The van der Waals surface area contributed by atoms with Gasteiger partial charge in [-0.1, -0.05) is 6.92 Å². The molecule has 6 nitrogen and oxygen atoms in total. The maximum atomic E-state index is 12.7. The Kier molecular flexibility index (Phi) is 3.60. The van der Waals surface area contributed by atoms with Crippen molar-refractivity contribution in [3.05, 3.63) is 42.2 Å². The Morgan fingerprint density at radius 3 is 2.95 bits per heavy atom. The highest BCUT2D eigenvalue weighted by molar-refractivity contribution is 5.96. The van der Waals surface area contributed by atoms with Gasteiger partial charge in [-0.05, 0) is 30.9 Å². The fraction of sp³-hybridized carbons (Fsp3) is 0.400. The number of nitrogens with two attached hydrogens (primary N) is 1. The standard InChI is InChI=1S/C15H18N4O2/c1-10-4-7-19(11(9-10)12-3-2-8-21-12)15(20)13-14(16)18-6-5-17-13/h2-3,5-6,8,10-11H,4,7,9H2,1H3,(H2,16,18)/t10-,11-/m0/s1. The lowest BCUT2D eigenvalue weighted by Crippen LogP contribution is -2.41. The first-order chi connectivity index (χ1) is 10.2. The average molecular weight is 286 g/mol. The van der Waals surface area contributed by atoms with E-state index in [1.165, 1.54) is 12.4 Å². The van der Waals surface area contributed by atoms with E-state index in [4.69, 9.17) is 10.2 Å². The normalized spacial score (nSPS) is 22.2. The minimum atomic E-state index is -0.186. The Bertz CT molecular complexity index is 626. The van der Waals surface area contributed by atoms with Crippen LogP contribution in [0, 0.1) is 5.92 Å². The van der Waals surface area contributed by atoms with Gasteiger partial charge in [-0.15, -0.1) is 0 Å². The van der Waals surface area contributed by atoms with Gasteiger partial charge in [-0.2, -0.15) is 0 Å². The predicted octanol–water partition coefficient (Wildman–Crippen LogP) is 2.27. The molecule has 1 aliphatic rings. The minimum absolute atomic E-state index is 0.0716. The highest BCUT2D eigenvalue weighted by Crippen LogP contribution is 2.35. The molecule has 0 radical (unpaired) electrons. The Balaban J connectivity index is 1.91. The van der Waals surface area contributed by atoms with Crippen LogP contribution in [0.5, 0.6) is 0 Å². The van der Waals surface area contributed by atoms with Gasteiger partial charge in [0.05, 0.1) is 12.3 Å². The lowest BCUT2D eigenvalue weighted by molar-refractivity contribution is 0.0516. The van der Waals surface area contributed by atoms with Crippen LogP contribution in [0.2, 0.25) is 0 Å². The number of amides is 1. The number of piperidine rings is 1. The van der Waals surface area contributed by atoms with E-state index in [9.17, 15) is 4.79 Å². The number of likely N-dealkylation sites (tertiary alicyclic amines) is 1. The molecule has 2 atom stereocenters. The molecule has 1 fully saturated rings. The van der Waals surface area contributed by atoms with E-state index in [0.29, 0.717) is 12.5 Å². The van der Waals surface area contributed by atoms with Crippen molar-refractivity contribution in [2.75, 3.05) is 12.3 Å². The number of nitrogen functional groups attached to an aromatic ring is 1. The van der Waals surface area contributed by atoms with E-state index in [0.717, 1.165) is 18.6 Å². The summed E-state index contributed by atoms with van der Waals surface area (Å²) in [5, 5.41) is 0. The number of carbonyl (C=O) groups excluding carboxylic acids is 1. The maximum Gasteiger partial charge on any atom is 0.276 e. The number of hydrogen-bond acceptors (Lipinski definition) is 5. The van der Waals surface area contributed by atoms with E-state index >= 15 is 0 Å². The van der Waals surface area contributed by atoms with Crippen molar-refractivity contribution in [2.24, 2.45) is 5.92 Å². The molecule has 0 aromatic carbocycles. The van der Waals surface area contributed by atoms with Crippen LogP contribution in [0.25, 0.3) is 0 Å². The Labute approximate surface area is 123 Å². The third-order valence-electron chi connectivity index (χ3n) is 3.93. The lowest BCUT2D eigenvalue weighted by atomic mass is 9.91. The molecule has 0 saturated carbocycles. The molecule has 3 heterocycles. The van der Waals surface area contributed by atoms with Crippen molar-refractivity contribution in [1.29, 1.82) is 0 Å². The van der Waals surface area contributed by atoms with Gasteiger partial charge < -0.3 is 15.1 Å². The second-order valence-corrected chi connectivity index (χ2v) is 5.45. The van der Waals surface area contributed by atoms with E-state index in [-0.39, 0.29) is 23.5 Å². The van der Waals surface area contributed by atoms with E-state index < -0.39 is 0 Å². The molecule has 0 bridgehead atoms. The summed E-state index contributed by atoms with van der Waals surface area (Å²) in [4.78, 5) is 22.5. The largest absolute Gasteiger partial charge is 0.467 e. The topological polar surface area (TPSA) is 85.2 Å². The number of nitrogens with zero attached hydrogens (tertiary/aromatic N) is 3. The van der Waals surface area contributed by atoms with Crippen LogP contribution < -0.4 is 5.73 Å². The highest BCUT2D eigenvalue weighted by atomic mass is 16.3. The summed E-state index contributed by atoms with van der Waals surface area (Å²) in [5.41, 5.74) is 5.99. The van der Waals surface area contributed by atoms with Crippen LogP contribution in [0.15, 0.2) is 35.2 Å². The smallest absolute Gasteiger partial charge is 0.276 e. The molecule has 2 aromatic rings. The molecular weight excluding hydrogens is 268 g/mol. The molecule has 1 amide bonds. The zero-order valence-electron chi connectivity index (χ0n) is 11.9. The predicted molar refractivity (Wildman–Crippen MR) is 77.3 cm³/mol. The quantitative estimate of drug-likeness (QED) is 0.915. The lowest BCUT2D eigenvalue weighted by Gasteiger charge is -2.37. The molecular formula is C15H18N4O2.